The van der Waals surface area contributed by atoms with Crippen LogP contribution in [-0.4, -0.2) is 11.9 Å². The van der Waals surface area contributed by atoms with Crippen molar-refractivity contribution in [2.45, 2.75) is 32.6 Å². The number of hydrogen-bond donors (Lipinski definition) is 2. The highest BCUT2D eigenvalue weighted by Crippen LogP contribution is 2.22. The predicted molar refractivity (Wildman–Crippen MR) is 70.4 cm³/mol. The van der Waals surface area contributed by atoms with Crippen LogP contribution in [0.4, 0.5) is 0 Å². The molecule has 0 spiro atoms. The Kier molecular flexibility index (Phi) is 1.84. The molecule has 1 rings (SSSR count). The van der Waals surface area contributed by atoms with Gasteiger partial charge in [-0.05, 0) is 11.0 Å². The number of nitrogens with two attached hydrogens (primary N) is 1. The quantitative estimate of drug-likeness (QED) is 0.859. The third-order valence-corrected chi connectivity index (χ3v) is 2.31. The Morgan fingerprint density at radius 3 is 2.50 bits per heavy atom. The summed E-state index contributed by atoms with van der Waals surface area (Å²) in [6, 6.07) is 5.28. The molecular weight excluding hydrogens is 226 g/mol. The van der Waals surface area contributed by atoms with E-state index in [1.165, 1.54) is 18.2 Å². The van der Waals surface area contributed by atoms with Crippen LogP contribution in [0, 0.1) is 16.7 Å². The summed E-state index contributed by atoms with van der Waals surface area (Å²) >= 11 is 0. The van der Waals surface area contributed by atoms with Crippen LogP contribution in [0.3, 0.4) is 0 Å². The molecule has 96 valence electrons. The lowest BCUT2D eigenvalue weighted by molar-refractivity contribution is -0.120. The van der Waals surface area contributed by atoms with Crippen LogP contribution >= 0.6 is 0 Å². The third-order valence-electron chi connectivity index (χ3n) is 2.31. The summed E-state index contributed by atoms with van der Waals surface area (Å²) < 4.78 is 68.8. The van der Waals surface area contributed by atoms with Crippen molar-refractivity contribution in [3.63, 3.8) is 0 Å². The maximum Gasteiger partial charge on any atom is 0.239 e. The zero-order valence-corrected chi connectivity index (χ0v) is 9.47. The van der Waals surface area contributed by atoms with E-state index in [4.69, 9.17) is 18.1 Å². The summed E-state index contributed by atoms with van der Waals surface area (Å²) in [4.78, 5) is 11.9. The monoisotopic (exact) mass is 254 g/mol. The van der Waals surface area contributed by atoms with Gasteiger partial charge in [0.1, 0.15) is 12.1 Å². The lowest BCUT2D eigenvalue weighted by Crippen LogP contribution is -2.45. The molecule has 4 nitrogen and oxygen atoms in total. The van der Waals surface area contributed by atoms with E-state index < -0.39 is 44.0 Å². The molecule has 4 heteroatoms. The smallest absolute Gasteiger partial charge is 0.239 e. The molecule has 0 aliphatic rings. The summed E-state index contributed by atoms with van der Waals surface area (Å²) in [6.45, 7) is -10.8. The van der Waals surface area contributed by atoms with Gasteiger partial charge >= 0.3 is 0 Å². The molecule has 0 saturated carbocycles. The maximum absolute atomic E-state index is 11.9. The number of rotatable bonds is 4. The molecule has 0 radical (unpaired) electrons. The first kappa shape index (κ1) is 5.85. The second-order valence-electron chi connectivity index (χ2n) is 3.78. The fourth-order valence-electron chi connectivity index (χ4n) is 1.41. The van der Waals surface area contributed by atoms with E-state index in [1.54, 1.807) is 18.2 Å². The van der Waals surface area contributed by atoms with E-state index in [0.29, 0.717) is 0 Å². The fraction of sp³-hybridized carbons (Fsp3) is 0.429. The van der Waals surface area contributed by atoms with Crippen molar-refractivity contribution in [1.29, 1.82) is 5.26 Å². The Hall–Kier alpha value is -1.86. The summed E-state index contributed by atoms with van der Waals surface area (Å²) in [7, 11) is 0. The Bertz CT molecular complexity index is 668. The van der Waals surface area contributed by atoms with E-state index >= 15 is 0 Å². The van der Waals surface area contributed by atoms with Crippen molar-refractivity contribution < 1.29 is 17.1 Å². The van der Waals surface area contributed by atoms with Gasteiger partial charge in [-0.25, -0.2) is 0 Å². The minimum Gasteiger partial charge on any atom is -0.368 e. The van der Waals surface area contributed by atoms with Crippen LogP contribution in [0.2, 0.25) is 0 Å². The Morgan fingerprint density at radius 2 is 2.06 bits per heavy atom. The molecule has 1 amide bonds. The first-order valence-electron chi connectivity index (χ1n) is 9.61. The van der Waals surface area contributed by atoms with E-state index in [9.17, 15) is 10.1 Å². The van der Waals surface area contributed by atoms with Gasteiger partial charge in [0.15, 0.2) is 0 Å². The average Bonchev–Trinajstić information content (AvgIpc) is 2.47. The second kappa shape index (κ2) is 5.65. The number of carbonyl (C=O) groups excluding carboxylic acids is 1. The molecule has 2 atom stereocenters. The molecule has 0 fully saturated rings. The van der Waals surface area contributed by atoms with Gasteiger partial charge < -0.3 is 5.73 Å². The number of hydrogen-bond acceptors (Lipinski definition) is 3. The van der Waals surface area contributed by atoms with Gasteiger partial charge in [-0.15, -0.1) is 0 Å². The highest BCUT2D eigenvalue weighted by Gasteiger charge is 2.29. The van der Waals surface area contributed by atoms with Crippen LogP contribution in [0.5, 0.6) is 0 Å². The van der Waals surface area contributed by atoms with Crippen molar-refractivity contribution >= 4 is 5.91 Å². The van der Waals surface area contributed by atoms with Gasteiger partial charge in [0.2, 0.25) is 5.91 Å². The average molecular weight is 254 g/mol. The zero-order chi connectivity index (χ0) is 21.3. The van der Waals surface area contributed by atoms with Gasteiger partial charge in [-0.1, -0.05) is 50.9 Å². The van der Waals surface area contributed by atoms with Gasteiger partial charge in [0.25, 0.3) is 0 Å². The van der Waals surface area contributed by atoms with E-state index in [1.807, 2.05) is 0 Å². The predicted octanol–water partition coefficient (Wildman–Crippen LogP) is 1.74. The van der Waals surface area contributed by atoms with Crippen molar-refractivity contribution in [1.82, 2.24) is 5.32 Å². The van der Waals surface area contributed by atoms with Crippen LogP contribution in [-0.2, 0) is 4.79 Å². The number of nitrogens with one attached hydrogen (secondary N) is 1. The molecular formula is C14H19N3O. The van der Waals surface area contributed by atoms with E-state index in [2.05, 4.69) is 5.32 Å². The summed E-state index contributed by atoms with van der Waals surface area (Å²) in [5, 5.41) is 11.8. The maximum atomic E-state index is 11.9. The number of benzene rings is 1. The molecule has 0 bridgehead atoms. The second-order valence-corrected chi connectivity index (χ2v) is 3.78. The number of carbonyl (C=O) groups is 1. The molecule has 0 saturated heterocycles. The highest BCUT2D eigenvalue weighted by molar-refractivity contribution is 5.81. The van der Waals surface area contributed by atoms with Crippen molar-refractivity contribution in [3.8, 4) is 6.07 Å². The normalized spacial score (nSPS) is 24.1. The fourth-order valence-corrected chi connectivity index (χ4v) is 1.41. The lowest BCUT2D eigenvalue weighted by Gasteiger charge is -2.29. The van der Waals surface area contributed by atoms with Gasteiger partial charge in [0.05, 0.1) is 6.07 Å². The standard InChI is InChI=1S/C14H19N3O/c1-14(2,3)11(9-15)17-12(13(16)18)10-7-5-4-6-8-10/h4-8,11-12,17H,1-3H3,(H2,16,18)/t11-,12+/m1/s1/i1D3,2D3,3D3. The molecule has 0 unspecified atom stereocenters. The summed E-state index contributed by atoms with van der Waals surface area (Å²) in [5.74, 6) is -1.03. The van der Waals surface area contributed by atoms with E-state index in [-0.39, 0.29) is 5.56 Å². The van der Waals surface area contributed by atoms with Gasteiger partial charge in [-0.2, -0.15) is 5.26 Å². The topological polar surface area (TPSA) is 78.9 Å². The third kappa shape index (κ3) is 3.57. The SMILES string of the molecule is [2H]C([2H])([2H])C([C@@H](C#N)N[C@H](C(N)=O)c1ccccc1)(C([2H])([2H])[2H])C([2H])([2H])[2H]. The minimum absolute atomic E-state index is 0.223. The Labute approximate surface area is 120 Å². The summed E-state index contributed by atoms with van der Waals surface area (Å²) in [6.07, 6.45) is 0. The first-order chi connectivity index (χ1) is 12.1. The highest BCUT2D eigenvalue weighted by atomic mass is 16.1. The molecule has 3 N–H and O–H groups in total. The Morgan fingerprint density at radius 1 is 1.44 bits per heavy atom. The van der Waals surface area contributed by atoms with Crippen LogP contribution < -0.4 is 11.1 Å². The number of nitriles is 1. The first-order valence-corrected chi connectivity index (χ1v) is 5.11. The van der Waals surface area contributed by atoms with Crippen molar-refractivity contribution in [3.05, 3.63) is 35.9 Å². The largest absolute Gasteiger partial charge is 0.368 e. The number of amides is 1. The molecule has 1 aromatic carbocycles. The molecule has 0 aromatic heterocycles. The molecule has 1 aromatic rings. The minimum atomic E-state index is -3.59. The van der Waals surface area contributed by atoms with Gasteiger partial charge in [0, 0.05) is 12.3 Å². The summed E-state index contributed by atoms with van der Waals surface area (Å²) in [5.41, 5.74) is 2.08. The van der Waals surface area contributed by atoms with Crippen molar-refractivity contribution in [2.24, 2.45) is 11.1 Å². The van der Waals surface area contributed by atoms with Crippen LogP contribution in [0.1, 0.15) is 44.5 Å². The number of primary amides is 1. The van der Waals surface area contributed by atoms with Gasteiger partial charge in [-0.3, -0.25) is 10.1 Å². The van der Waals surface area contributed by atoms with Crippen LogP contribution in [0.25, 0.3) is 0 Å². The van der Waals surface area contributed by atoms with E-state index in [0.717, 1.165) is 0 Å². The molecule has 0 aliphatic carbocycles. The lowest BCUT2D eigenvalue weighted by atomic mass is 9.86. The molecule has 0 heterocycles. The van der Waals surface area contributed by atoms with Crippen molar-refractivity contribution in [2.75, 3.05) is 0 Å². The molecule has 18 heavy (non-hydrogen) atoms. The Balaban J connectivity index is 3.64. The van der Waals surface area contributed by atoms with Crippen LogP contribution in [0.15, 0.2) is 30.3 Å². The zero-order valence-electron chi connectivity index (χ0n) is 18.5. The number of nitrogens with zero attached hydrogens (tertiary/aromatic N) is 1. The molecule has 0 aliphatic heterocycles.